The van der Waals surface area contributed by atoms with Gasteiger partial charge < -0.3 is 19.8 Å². The van der Waals surface area contributed by atoms with Crippen LogP contribution in [0, 0.1) is 49.4 Å². The number of hydrogen-bond acceptors (Lipinski definition) is 4. The standard InChI is InChI=1S/2C2HCl3O2.Eu/c2*3-2(4,5)1(6)7;/h2*(H,6,7);/q;;+2/p-2. The average Bonchev–Trinajstić information content (AvgIpc) is 1.83. The van der Waals surface area contributed by atoms with Gasteiger partial charge in [0.25, 0.3) is 0 Å². The van der Waals surface area contributed by atoms with Crippen molar-refractivity contribution >= 4 is 81.5 Å². The number of carboxylic acids is 2. The number of halogens is 6. The minimum Gasteiger partial charge on any atom is -0.545 e. The van der Waals surface area contributed by atoms with E-state index < -0.39 is 19.5 Å². The third kappa shape index (κ3) is 16.3. The molecule has 0 rings (SSSR count). The monoisotopic (exact) mass is 475 g/mol. The number of aliphatic carboxylic acids is 2. The van der Waals surface area contributed by atoms with E-state index in [4.69, 9.17) is 69.6 Å². The van der Waals surface area contributed by atoms with Crippen LogP contribution in [0.1, 0.15) is 0 Å². The molecule has 15 heavy (non-hydrogen) atoms. The predicted molar refractivity (Wildman–Crippen MR) is 50.6 cm³/mol. The zero-order valence-corrected chi connectivity index (χ0v) is 13.2. The van der Waals surface area contributed by atoms with Crippen LogP contribution in [0.2, 0.25) is 0 Å². The molecule has 11 heteroatoms. The minimum absolute atomic E-state index is 0. The van der Waals surface area contributed by atoms with Crippen molar-refractivity contribution in [3.05, 3.63) is 0 Å². The Morgan fingerprint density at radius 3 is 0.800 bits per heavy atom. The number of hydrogen-bond donors (Lipinski definition) is 0. The zero-order valence-electron chi connectivity index (χ0n) is 6.28. The van der Waals surface area contributed by atoms with Gasteiger partial charge in [0.15, 0.2) is 0 Å². The molecular weight excluding hydrogens is 477 g/mol. The Morgan fingerprint density at radius 2 is 0.800 bits per heavy atom. The molecule has 0 heterocycles. The maximum atomic E-state index is 9.51. The Hall–Kier alpha value is 2.26. The molecule has 89 valence electrons. The van der Waals surface area contributed by atoms with Crippen LogP contribution in [0.25, 0.3) is 0 Å². The number of carbonyl (C=O) groups excluding carboxylic acids is 2. The van der Waals surface area contributed by atoms with Crippen LogP contribution in [0.5, 0.6) is 0 Å². The van der Waals surface area contributed by atoms with Crippen LogP contribution in [0.4, 0.5) is 0 Å². The summed E-state index contributed by atoms with van der Waals surface area (Å²) < 4.78 is -4.56. The van der Waals surface area contributed by atoms with E-state index in [9.17, 15) is 19.8 Å². The Balaban J connectivity index is -0.000000180. The fraction of sp³-hybridized carbons (Fsp3) is 0.500. The molecule has 4 nitrogen and oxygen atoms in total. The molecule has 0 N–H and O–H groups in total. The first kappa shape index (κ1) is 22.4. The van der Waals surface area contributed by atoms with E-state index in [0.29, 0.717) is 0 Å². The fourth-order valence-corrected chi connectivity index (χ4v) is 0. The van der Waals surface area contributed by atoms with Gasteiger partial charge in [-0.05, 0) is 0 Å². The molecule has 0 aromatic rings. The second kappa shape index (κ2) is 9.23. The maximum Gasteiger partial charge on any atom is 2.00 e. The quantitative estimate of drug-likeness (QED) is 0.468. The number of alkyl halides is 6. The first-order valence-electron chi connectivity index (χ1n) is 2.45. The molecule has 0 spiro atoms. The first-order valence-corrected chi connectivity index (χ1v) is 4.72. The van der Waals surface area contributed by atoms with Gasteiger partial charge in [-0.2, -0.15) is 0 Å². The Kier molecular flexibility index (Phi) is 13.8. The van der Waals surface area contributed by atoms with Crippen molar-refractivity contribution in [3.63, 3.8) is 0 Å². The molecular formula is C4Cl6EuO4. The number of carbonyl (C=O) groups is 2. The van der Waals surface area contributed by atoms with E-state index in [1.54, 1.807) is 0 Å². The van der Waals surface area contributed by atoms with Crippen molar-refractivity contribution in [2.24, 2.45) is 0 Å². The molecule has 0 aromatic carbocycles. The average molecular weight is 477 g/mol. The van der Waals surface area contributed by atoms with Crippen LogP contribution in [-0.2, 0) is 9.59 Å². The zero-order chi connectivity index (χ0) is 12.2. The maximum absolute atomic E-state index is 9.51. The van der Waals surface area contributed by atoms with Crippen LogP contribution < -0.4 is 10.2 Å². The van der Waals surface area contributed by atoms with Gasteiger partial charge in [0, 0.05) is 0 Å². The van der Waals surface area contributed by atoms with E-state index >= 15 is 0 Å². The summed E-state index contributed by atoms with van der Waals surface area (Å²) in [6.45, 7) is 0. The third-order valence-corrected chi connectivity index (χ3v) is 1.39. The van der Waals surface area contributed by atoms with Gasteiger partial charge in [-0.3, -0.25) is 0 Å². The van der Waals surface area contributed by atoms with Crippen molar-refractivity contribution in [1.82, 2.24) is 0 Å². The molecule has 0 saturated heterocycles. The van der Waals surface area contributed by atoms with Crippen LogP contribution in [0.15, 0.2) is 0 Å². The number of carboxylic acid groups (broad SMARTS) is 2. The van der Waals surface area contributed by atoms with Crippen molar-refractivity contribution in [3.8, 4) is 0 Å². The molecule has 0 aliphatic heterocycles. The topological polar surface area (TPSA) is 80.3 Å². The molecule has 0 fully saturated rings. The molecule has 0 aromatic heterocycles. The van der Waals surface area contributed by atoms with Crippen LogP contribution in [0.3, 0.4) is 0 Å². The summed E-state index contributed by atoms with van der Waals surface area (Å²) in [4.78, 5) is 19.0. The van der Waals surface area contributed by atoms with Crippen LogP contribution in [-0.4, -0.2) is 19.5 Å². The number of rotatable bonds is 0. The smallest absolute Gasteiger partial charge is 0.545 e. The summed E-state index contributed by atoms with van der Waals surface area (Å²) in [5, 5.41) is 19.0. The Labute approximate surface area is 156 Å². The first-order chi connectivity index (χ1) is 5.89. The summed E-state index contributed by atoms with van der Waals surface area (Å²) in [7, 11) is 0. The Morgan fingerprint density at radius 1 is 0.733 bits per heavy atom. The second-order valence-electron chi connectivity index (χ2n) is 1.57. The summed E-state index contributed by atoms with van der Waals surface area (Å²) in [6, 6.07) is 0. The molecule has 0 amide bonds. The van der Waals surface area contributed by atoms with Crippen molar-refractivity contribution in [2.45, 2.75) is 7.59 Å². The summed E-state index contributed by atoms with van der Waals surface area (Å²) in [5.74, 6) is -3.42. The molecule has 0 unspecified atom stereocenters. The van der Waals surface area contributed by atoms with E-state index in [0.717, 1.165) is 0 Å². The SMILES string of the molecule is O=C([O-])C(Cl)(Cl)Cl.O=C([O-])C(Cl)(Cl)Cl.[Eu+2]. The largest absolute Gasteiger partial charge is 2.00 e. The Bertz CT molecular complexity index is 196. The van der Waals surface area contributed by atoms with Gasteiger partial charge in [-0.1, -0.05) is 69.6 Å². The normalized spacial score (nSPS) is 10.5. The second-order valence-corrected chi connectivity index (χ2v) is 6.13. The van der Waals surface area contributed by atoms with Gasteiger partial charge >= 0.3 is 49.4 Å². The summed E-state index contributed by atoms with van der Waals surface area (Å²) >= 11 is 28.4. The molecule has 1 radical (unpaired) electrons. The predicted octanol–water partition coefficient (Wildman–Crippen LogP) is 0.213. The van der Waals surface area contributed by atoms with E-state index in [2.05, 4.69) is 0 Å². The van der Waals surface area contributed by atoms with Gasteiger partial charge in [-0.15, -0.1) is 0 Å². The molecule has 0 bridgehead atoms. The van der Waals surface area contributed by atoms with Gasteiger partial charge in [0.1, 0.15) is 0 Å². The molecule has 0 aliphatic carbocycles. The van der Waals surface area contributed by atoms with Crippen molar-refractivity contribution in [1.29, 1.82) is 0 Å². The fourth-order valence-electron chi connectivity index (χ4n) is 0. The minimum atomic E-state index is -2.28. The van der Waals surface area contributed by atoms with Gasteiger partial charge in [0.2, 0.25) is 7.59 Å². The molecule has 0 aliphatic rings. The summed E-state index contributed by atoms with van der Waals surface area (Å²) in [5.41, 5.74) is 0. The third-order valence-electron chi connectivity index (χ3n) is 0.463. The molecule has 0 saturated carbocycles. The van der Waals surface area contributed by atoms with Crippen molar-refractivity contribution in [2.75, 3.05) is 0 Å². The van der Waals surface area contributed by atoms with Crippen molar-refractivity contribution < 1.29 is 69.2 Å². The summed E-state index contributed by atoms with van der Waals surface area (Å²) in [6.07, 6.45) is 0. The van der Waals surface area contributed by atoms with E-state index in [-0.39, 0.29) is 49.4 Å². The van der Waals surface area contributed by atoms with E-state index in [1.807, 2.05) is 0 Å². The molecule has 0 atom stereocenters. The van der Waals surface area contributed by atoms with Gasteiger partial charge in [0.05, 0.1) is 11.9 Å². The van der Waals surface area contributed by atoms with E-state index in [1.165, 1.54) is 0 Å². The van der Waals surface area contributed by atoms with Gasteiger partial charge in [-0.25, -0.2) is 0 Å². The van der Waals surface area contributed by atoms with Crippen LogP contribution >= 0.6 is 69.6 Å².